The number of nitrogens with two attached hydrogens (primary N) is 1. The van der Waals surface area contributed by atoms with Crippen molar-refractivity contribution in [2.45, 2.75) is 25.8 Å². The summed E-state index contributed by atoms with van der Waals surface area (Å²) in [5, 5.41) is 0.708. The first-order valence-electron chi connectivity index (χ1n) is 4.99. The zero-order valence-electron chi connectivity index (χ0n) is 9.06. The summed E-state index contributed by atoms with van der Waals surface area (Å²) < 4.78 is 0.965. The summed E-state index contributed by atoms with van der Waals surface area (Å²) in [6, 6.07) is 5.79. The molecule has 0 fully saturated rings. The molecule has 0 amide bonds. The number of hydrogen-bond donors (Lipinski definition) is 2. The molecule has 0 aromatic heterocycles. The minimum Gasteiger partial charge on any atom is -0.271 e. The topological polar surface area (TPSA) is 38.0 Å². The maximum absolute atomic E-state index is 5.89. The van der Waals surface area contributed by atoms with Crippen molar-refractivity contribution in [1.82, 2.24) is 5.43 Å². The van der Waals surface area contributed by atoms with Gasteiger partial charge in [-0.25, -0.2) is 0 Å². The van der Waals surface area contributed by atoms with Crippen LogP contribution in [0.1, 0.15) is 31.4 Å². The molecule has 3 N–H and O–H groups in total. The molecule has 0 heterocycles. The highest BCUT2D eigenvalue weighted by atomic mass is 79.9. The predicted octanol–water partition coefficient (Wildman–Crippen LogP) is 3.41. The van der Waals surface area contributed by atoms with Crippen LogP contribution in [0, 0.1) is 11.8 Å². The Labute approximate surface area is 110 Å². The molecule has 1 atom stereocenters. The number of halogens is 2. The van der Waals surface area contributed by atoms with Gasteiger partial charge in [0.15, 0.2) is 0 Å². The van der Waals surface area contributed by atoms with Gasteiger partial charge in [-0.1, -0.05) is 33.6 Å². The van der Waals surface area contributed by atoms with E-state index in [-0.39, 0.29) is 6.04 Å². The number of nitrogens with one attached hydrogen (secondary N) is 1. The Morgan fingerprint density at radius 1 is 1.56 bits per heavy atom. The highest BCUT2D eigenvalue weighted by molar-refractivity contribution is 9.10. The first-order valence-corrected chi connectivity index (χ1v) is 6.16. The van der Waals surface area contributed by atoms with Crippen molar-refractivity contribution < 1.29 is 0 Å². The molecule has 0 bridgehead atoms. The van der Waals surface area contributed by atoms with E-state index in [2.05, 4.69) is 33.2 Å². The molecular formula is C12H14BrClN2. The van der Waals surface area contributed by atoms with Gasteiger partial charge < -0.3 is 0 Å². The van der Waals surface area contributed by atoms with E-state index in [4.69, 9.17) is 17.4 Å². The summed E-state index contributed by atoms with van der Waals surface area (Å²) in [5.74, 6) is 11.4. The molecule has 1 unspecified atom stereocenters. The average Bonchev–Trinajstić information content (AvgIpc) is 2.26. The Morgan fingerprint density at radius 3 is 2.88 bits per heavy atom. The largest absolute Gasteiger partial charge is 0.271 e. The fraction of sp³-hybridized carbons (Fsp3) is 0.333. The zero-order chi connectivity index (χ0) is 12.0. The molecule has 0 saturated heterocycles. The Hall–Kier alpha value is -0.530. The minimum atomic E-state index is 0.0903. The quantitative estimate of drug-likeness (QED) is 0.508. The van der Waals surface area contributed by atoms with Crippen LogP contribution in [0.25, 0.3) is 0 Å². The molecule has 0 radical (unpaired) electrons. The lowest BCUT2D eigenvalue weighted by atomic mass is 10.0. The van der Waals surface area contributed by atoms with Crippen LogP contribution in [0.5, 0.6) is 0 Å². The highest BCUT2D eigenvalue weighted by Crippen LogP contribution is 2.28. The summed E-state index contributed by atoms with van der Waals surface area (Å²) in [7, 11) is 0. The third-order valence-electron chi connectivity index (χ3n) is 2.27. The minimum absolute atomic E-state index is 0.0903. The lowest BCUT2D eigenvalue weighted by Gasteiger charge is -2.16. The van der Waals surface area contributed by atoms with Gasteiger partial charge >= 0.3 is 0 Å². The van der Waals surface area contributed by atoms with Gasteiger partial charge in [0.05, 0.1) is 0 Å². The molecule has 16 heavy (non-hydrogen) atoms. The summed E-state index contributed by atoms with van der Waals surface area (Å²) in [6.07, 6.45) is 1.69. The molecule has 4 heteroatoms. The summed E-state index contributed by atoms with van der Waals surface area (Å²) in [6.45, 7) is 1.84. The zero-order valence-corrected chi connectivity index (χ0v) is 11.4. The van der Waals surface area contributed by atoms with E-state index in [1.54, 1.807) is 0 Å². The molecule has 0 aliphatic rings. The van der Waals surface area contributed by atoms with Crippen LogP contribution in [-0.2, 0) is 0 Å². The van der Waals surface area contributed by atoms with E-state index in [9.17, 15) is 0 Å². The van der Waals surface area contributed by atoms with E-state index >= 15 is 0 Å². The predicted molar refractivity (Wildman–Crippen MR) is 71.9 cm³/mol. The number of benzene rings is 1. The molecule has 0 spiro atoms. The summed E-state index contributed by atoms with van der Waals surface area (Å²) in [5.41, 5.74) is 3.90. The van der Waals surface area contributed by atoms with Gasteiger partial charge in [-0.15, -0.1) is 11.8 Å². The van der Waals surface area contributed by atoms with Gasteiger partial charge in [-0.3, -0.25) is 11.3 Å². The average molecular weight is 302 g/mol. The molecular weight excluding hydrogens is 288 g/mol. The van der Waals surface area contributed by atoms with Crippen LogP contribution >= 0.6 is 27.5 Å². The highest BCUT2D eigenvalue weighted by Gasteiger charge is 2.12. The molecule has 1 aromatic rings. The fourth-order valence-corrected chi connectivity index (χ4v) is 2.41. The van der Waals surface area contributed by atoms with Crippen LogP contribution in [0.15, 0.2) is 22.7 Å². The number of rotatable bonds is 4. The van der Waals surface area contributed by atoms with Gasteiger partial charge in [0, 0.05) is 22.0 Å². The van der Waals surface area contributed by atoms with Crippen molar-refractivity contribution >= 4 is 27.5 Å². The monoisotopic (exact) mass is 300 g/mol. The molecule has 1 aromatic carbocycles. The van der Waals surface area contributed by atoms with Crippen LogP contribution in [0.3, 0.4) is 0 Å². The smallest absolute Gasteiger partial charge is 0.0480 e. The first-order chi connectivity index (χ1) is 7.69. The second-order valence-electron chi connectivity index (χ2n) is 3.35. The third-order valence-corrected chi connectivity index (χ3v) is 3.20. The van der Waals surface area contributed by atoms with Crippen molar-refractivity contribution in [2.24, 2.45) is 5.84 Å². The lowest BCUT2D eigenvalue weighted by Crippen LogP contribution is -2.28. The van der Waals surface area contributed by atoms with Gasteiger partial charge in [0.25, 0.3) is 0 Å². The first kappa shape index (κ1) is 13.5. The van der Waals surface area contributed by atoms with E-state index in [1.165, 1.54) is 0 Å². The summed E-state index contributed by atoms with van der Waals surface area (Å²) >= 11 is 9.37. The Kier molecular flexibility index (Phi) is 5.86. The van der Waals surface area contributed by atoms with Crippen molar-refractivity contribution in [3.63, 3.8) is 0 Å². The van der Waals surface area contributed by atoms with Crippen LogP contribution in [0.4, 0.5) is 0 Å². The van der Waals surface area contributed by atoms with E-state index in [1.807, 2.05) is 25.1 Å². The Balaban J connectivity index is 2.80. The van der Waals surface area contributed by atoms with E-state index < -0.39 is 0 Å². The number of hydrogen-bond acceptors (Lipinski definition) is 2. The van der Waals surface area contributed by atoms with Crippen LogP contribution < -0.4 is 11.3 Å². The van der Waals surface area contributed by atoms with Crippen LogP contribution in [-0.4, -0.2) is 0 Å². The normalized spacial score (nSPS) is 11.8. The SMILES string of the molecule is CC#CCCC(NN)c1ccc(Cl)cc1Br. The van der Waals surface area contributed by atoms with Crippen molar-refractivity contribution in [3.8, 4) is 11.8 Å². The maximum Gasteiger partial charge on any atom is 0.0480 e. The lowest BCUT2D eigenvalue weighted by molar-refractivity contribution is 0.522. The standard InChI is InChI=1S/C12H14BrClN2/c1-2-3-4-5-12(16-15)10-7-6-9(14)8-11(10)13/h6-8,12,16H,4-5,15H2,1H3. The maximum atomic E-state index is 5.89. The van der Waals surface area contributed by atoms with Crippen molar-refractivity contribution in [1.29, 1.82) is 0 Å². The molecule has 0 saturated carbocycles. The Morgan fingerprint density at radius 2 is 2.31 bits per heavy atom. The van der Waals surface area contributed by atoms with Gasteiger partial charge in [-0.2, -0.15) is 0 Å². The summed E-state index contributed by atoms with van der Waals surface area (Å²) in [4.78, 5) is 0. The molecule has 0 aliphatic heterocycles. The van der Waals surface area contributed by atoms with Gasteiger partial charge in [-0.05, 0) is 31.0 Å². The van der Waals surface area contributed by atoms with Crippen molar-refractivity contribution in [3.05, 3.63) is 33.3 Å². The third kappa shape index (κ3) is 3.80. The number of hydrazine groups is 1. The second-order valence-corrected chi connectivity index (χ2v) is 4.64. The molecule has 2 nitrogen and oxygen atoms in total. The van der Waals surface area contributed by atoms with Gasteiger partial charge in [0.1, 0.15) is 0 Å². The molecule has 86 valence electrons. The van der Waals surface area contributed by atoms with E-state index in [0.717, 1.165) is 22.9 Å². The van der Waals surface area contributed by atoms with Crippen LogP contribution in [0.2, 0.25) is 5.02 Å². The van der Waals surface area contributed by atoms with E-state index in [0.29, 0.717) is 5.02 Å². The fourth-order valence-electron chi connectivity index (χ4n) is 1.45. The second kappa shape index (κ2) is 6.93. The van der Waals surface area contributed by atoms with Crippen molar-refractivity contribution in [2.75, 3.05) is 0 Å². The van der Waals surface area contributed by atoms with Gasteiger partial charge in [0.2, 0.25) is 0 Å². The molecule has 0 aliphatic carbocycles. The molecule has 1 rings (SSSR count). The Bertz CT molecular complexity index is 409.